The first-order valence-corrected chi connectivity index (χ1v) is 4.80. The quantitative estimate of drug-likeness (QED) is 0.816. The van der Waals surface area contributed by atoms with Crippen molar-refractivity contribution in [3.63, 3.8) is 0 Å². The van der Waals surface area contributed by atoms with E-state index in [-0.39, 0.29) is 5.56 Å². The molecule has 0 aliphatic rings. The predicted octanol–water partition coefficient (Wildman–Crippen LogP) is 3.80. The van der Waals surface area contributed by atoms with Crippen molar-refractivity contribution in [2.45, 2.75) is 12.2 Å². The van der Waals surface area contributed by atoms with Gasteiger partial charge in [-0.3, -0.25) is 0 Å². The van der Waals surface area contributed by atoms with Gasteiger partial charge >= 0.3 is 6.18 Å². The molecule has 1 rings (SSSR count). The Morgan fingerprint density at radius 1 is 1.21 bits per heavy atom. The molecule has 0 bridgehead atoms. The summed E-state index contributed by atoms with van der Waals surface area (Å²) in [7, 11) is 0. The van der Waals surface area contributed by atoms with Gasteiger partial charge in [-0.05, 0) is 29.5 Å². The van der Waals surface area contributed by atoms with Crippen molar-refractivity contribution in [2.24, 2.45) is 0 Å². The molecule has 0 radical (unpaired) electrons. The first kappa shape index (κ1) is 11.8. The fraction of sp³-hybridized carbons (Fsp3) is 0.250. The molecule has 78 valence electrons. The number of nitrogens with one attached hydrogen (secondary N) is 1. The Labute approximate surface area is 92.5 Å². The molecule has 0 aromatic heterocycles. The van der Waals surface area contributed by atoms with Crippen LogP contribution in [0.1, 0.15) is 11.6 Å². The minimum atomic E-state index is -4.39. The van der Waals surface area contributed by atoms with E-state index >= 15 is 0 Å². The average molecular weight is 288 g/mol. The van der Waals surface area contributed by atoms with Crippen molar-refractivity contribution in [1.29, 1.82) is 0 Å². The number of hydrogen-bond donors (Lipinski definition) is 1. The summed E-state index contributed by atoms with van der Waals surface area (Å²) < 4.78 is 37.8. The van der Waals surface area contributed by atoms with Crippen LogP contribution >= 0.6 is 27.7 Å². The summed E-state index contributed by atoms with van der Waals surface area (Å²) in [6.45, 7) is 0. The van der Waals surface area contributed by atoms with E-state index in [0.717, 1.165) is 4.47 Å². The van der Waals surface area contributed by atoms with Crippen LogP contribution in [0.25, 0.3) is 0 Å². The molecule has 6 heteroatoms. The van der Waals surface area contributed by atoms with Crippen LogP contribution in [-0.4, -0.2) is 6.18 Å². The first-order valence-electron chi connectivity index (χ1n) is 3.63. The third-order valence-electron chi connectivity index (χ3n) is 1.64. The summed E-state index contributed by atoms with van der Waals surface area (Å²) >= 11 is 8.18. The van der Waals surface area contributed by atoms with Crippen LogP contribution in [0.3, 0.4) is 0 Å². The Kier molecular flexibility index (Phi) is 3.80. The van der Waals surface area contributed by atoms with Gasteiger partial charge in [0.05, 0.1) is 0 Å². The zero-order valence-electron chi connectivity index (χ0n) is 6.78. The predicted molar refractivity (Wildman–Crippen MR) is 51.9 cm³/mol. The number of alkyl halides is 3. The van der Waals surface area contributed by atoms with Gasteiger partial charge in [-0.15, -0.1) is 0 Å². The Morgan fingerprint density at radius 2 is 1.71 bits per heavy atom. The molecule has 1 N–H and O–H groups in total. The average Bonchev–Trinajstić information content (AvgIpc) is 2.07. The van der Waals surface area contributed by atoms with Gasteiger partial charge in [0.15, 0.2) is 0 Å². The van der Waals surface area contributed by atoms with Gasteiger partial charge in [-0.1, -0.05) is 28.1 Å². The molecule has 14 heavy (non-hydrogen) atoms. The number of halogens is 5. The summed E-state index contributed by atoms with van der Waals surface area (Å²) in [5.74, 6) is 0. The minimum absolute atomic E-state index is 0.0794. The summed E-state index contributed by atoms with van der Waals surface area (Å²) in [6, 6.07) is 3.94. The molecule has 1 unspecified atom stereocenters. The van der Waals surface area contributed by atoms with Gasteiger partial charge < -0.3 is 0 Å². The molecule has 1 aromatic rings. The number of rotatable bonds is 2. The highest BCUT2D eigenvalue weighted by molar-refractivity contribution is 9.10. The van der Waals surface area contributed by atoms with Crippen LogP contribution in [0.5, 0.6) is 0 Å². The second kappa shape index (κ2) is 4.51. The largest absolute Gasteiger partial charge is 0.409 e. The molecule has 1 aromatic carbocycles. The normalized spacial score (nSPS) is 14.1. The fourth-order valence-corrected chi connectivity index (χ4v) is 1.48. The van der Waals surface area contributed by atoms with E-state index in [1.807, 2.05) is 0 Å². The third kappa shape index (κ3) is 2.87. The maximum absolute atomic E-state index is 12.3. The zero-order valence-corrected chi connectivity index (χ0v) is 9.12. The topological polar surface area (TPSA) is 12.0 Å². The lowest BCUT2D eigenvalue weighted by atomic mass is 10.1. The van der Waals surface area contributed by atoms with Gasteiger partial charge in [0.25, 0.3) is 0 Å². The summed E-state index contributed by atoms with van der Waals surface area (Å²) in [4.78, 5) is 1.71. The molecular weight excluding hydrogens is 282 g/mol. The lowest BCUT2D eigenvalue weighted by Gasteiger charge is -2.18. The van der Waals surface area contributed by atoms with Crippen LogP contribution in [0.15, 0.2) is 28.7 Å². The van der Waals surface area contributed by atoms with Crippen molar-refractivity contribution in [2.75, 3.05) is 0 Å². The molecule has 1 nitrogen and oxygen atoms in total. The van der Waals surface area contributed by atoms with Gasteiger partial charge in [-0.2, -0.15) is 13.2 Å². The van der Waals surface area contributed by atoms with Gasteiger partial charge in [0.1, 0.15) is 6.04 Å². The maximum atomic E-state index is 12.3. The van der Waals surface area contributed by atoms with Crippen molar-refractivity contribution in [1.82, 2.24) is 4.84 Å². The van der Waals surface area contributed by atoms with Crippen LogP contribution < -0.4 is 4.84 Å². The van der Waals surface area contributed by atoms with E-state index in [0.29, 0.717) is 0 Å². The smallest absolute Gasteiger partial charge is 0.217 e. The Bertz CT molecular complexity index is 298. The molecule has 0 fully saturated rings. The zero-order chi connectivity index (χ0) is 10.8. The fourth-order valence-electron chi connectivity index (χ4n) is 0.969. The van der Waals surface area contributed by atoms with E-state index in [9.17, 15) is 13.2 Å². The van der Waals surface area contributed by atoms with Crippen molar-refractivity contribution in [3.8, 4) is 0 Å². The first-order chi connectivity index (χ1) is 6.45. The lowest BCUT2D eigenvalue weighted by Crippen LogP contribution is -2.28. The Balaban J connectivity index is 2.96. The van der Waals surface area contributed by atoms with Gasteiger partial charge in [-0.25, -0.2) is 4.84 Å². The van der Waals surface area contributed by atoms with Crippen LogP contribution in [0.4, 0.5) is 13.2 Å². The number of benzene rings is 1. The van der Waals surface area contributed by atoms with Crippen LogP contribution in [0.2, 0.25) is 0 Å². The molecule has 0 aliphatic heterocycles. The molecule has 0 spiro atoms. The van der Waals surface area contributed by atoms with Crippen molar-refractivity contribution in [3.05, 3.63) is 34.3 Å². The summed E-state index contributed by atoms with van der Waals surface area (Å²) in [6.07, 6.45) is -4.39. The van der Waals surface area contributed by atoms with Crippen LogP contribution in [0, 0.1) is 0 Å². The maximum Gasteiger partial charge on any atom is 0.409 e. The highest BCUT2D eigenvalue weighted by Gasteiger charge is 2.40. The standard InChI is InChI=1S/C8H6BrClF3N/c9-6-3-1-5(2-4-6)7(14-10)8(11,12)13/h1-4,7,14H. The Hall–Kier alpha value is -0.260. The highest BCUT2D eigenvalue weighted by Crippen LogP contribution is 2.33. The van der Waals surface area contributed by atoms with E-state index in [4.69, 9.17) is 11.8 Å². The third-order valence-corrected chi connectivity index (χ3v) is 2.39. The van der Waals surface area contributed by atoms with Crippen molar-refractivity contribution >= 4 is 27.7 Å². The number of hydrogen-bond acceptors (Lipinski definition) is 1. The second-order valence-electron chi connectivity index (χ2n) is 2.64. The van der Waals surface area contributed by atoms with Gasteiger partial charge in [0, 0.05) is 4.47 Å². The molecule has 0 heterocycles. The van der Waals surface area contributed by atoms with Crippen molar-refractivity contribution < 1.29 is 13.2 Å². The van der Waals surface area contributed by atoms with Gasteiger partial charge in [0.2, 0.25) is 0 Å². The van der Waals surface area contributed by atoms with E-state index < -0.39 is 12.2 Å². The Morgan fingerprint density at radius 3 is 2.07 bits per heavy atom. The second-order valence-corrected chi connectivity index (χ2v) is 3.77. The lowest BCUT2D eigenvalue weighted by molar-refractivity contribution is -0.153. The molecule has 0 saturated heterocycles. The SMILES string of the molecule is FC(F)(F)C(NCl)c1ccc(Br)cc1. The highest BCUT2D eigenvalue weighted by atomic mass is 79.9. The monoisotopic (exact) mass is 287 g/mol. The van der Waals surface area contributed by atoms with E-state index in [1.54, 1.807) is 4.84 Å². The minimum Gasteiger partial charge on any atom is -0.217 e. The molecule has 0 amide bonds. The summed E-state index contributed by atoms with van der Waals surface area (Å²) in [5.41, 5.74) is 0.0794. The molecular formula is C8H6BrClF3N. The molecule has 1 atom stereocenters. The van der Waals surface area contributed by atoms with E-state index in [2.05, 4.69) is 15.9 Å². The van der Waals surface area contributed by atoms with E-state index in [1.165, 1.54) is 24.3 Å². The molecule has 0 aliphatic carbocycles. The summed E-state index contributed by atoms with van der Waals surface area (Å²) in [5, 5.41) is 0. The van der Waals surface area contributed by atoms with Crippen LogP contribution in [-0.2, 0) is 0 Å². The molecule has 0 saturated carbocycles.